The molecule has 1 N–H and O–H groups in total. The van der Waals surface area contributed by atoms with Crippen molar-refractivity contribution in [2.24, 2.45) is 0 Å². The first-order chi connectivity index (χ1) is 7.67. The Labute approximate surface area is 95.4 Å². The van der Waals surface area contributed by atoms with Crippen molar-refractivity contribution in [3.63, 3.8) is 0 Å². The van der Waals surface area contributed by atoms with Crippen LogP contribution in [0.3, 0.4) is 0 Å². The number of benzene rings is 1. The molecule has 1 rings (SSSR count). The van der Waals surface area contributed by atoms with Crippen LogP contribution in [0.4, 0.5) is 0 Å². The third-order valence-electron chi connectivity index (χ3n) is 2.24. The molecule has 0 saturated heterocycles. The highest BCUT2D eigenvalue weighted by atomic mass is 16.5. The highest BCUT2D eigenvalue weighted by Crippen LogP contribution is 2.21. The third kappa shape index (κ3) is 3.42. The molecule has 1 aromatic carbocycles. The molecule has 86 valence electrons. The lowest BCUT2D eigenvalue weighted by atomic mass is 10.1. The fraction of sp³-hybridized carbons (Fsp3) is 0.308. The molecule has 0 aliphatic carbocycles. The summed E-state index contributed by atoms with van der Waals surface area (Å²) < 4.78 is 5.24. The third-order valence-corrected chi connectivity index (χ3v) is 2.24. The van der Waals surface area contributed by atoms with Crippen LogP contribution in [0.25, 0.3) is 6.08 Å². The van der Waals surface area contributed by atoms with E-state index in [1.807, 2.05) is 18.2 Å². The number of rotatable bonds is 5. The minimum atomic E-state index is -0.937. The molecule has 0 fully saturated rings. The second-order valence-corrected chi connectivity index (χ2v) is 3.49. The van der Waals surface area contributed by atoms with E-state index in [1.54, 1.807) is 13.2 Å². The minimum absolute atomic E-state index is 0.856. The molecule has 3 heteroatoms. The minimum Gasteiger partial charge on any atom is -0.496 e. The molecular formula is C13H16O3. The Morgan fingerprint density at radius 3 is 2.81 bits per heavy atom. The van der Waals surface area contributed by atoms with Crippen LogP contribution in [0, 0.1) is 0 Å². The molecule has 16 heavy (non-hydrogen) atoms. The molecule has 0 heterocycles. The molecule has 1 aromatic rings. The predicted molar refractivity (Wildman–Crippen MR) is 63.7 cm³/mol. The zero-order chi connectivity index (χ0) is 12.0. The van der Waals surface area contributed by atoms with Gasteiger partial charge in [0.25, 0.3) is 0 Å². The van der Waals surface area contributed by atoms with E-state index in [0.717, 1.165) is 35.8 Å². The summed E-state index contributed by atoms with van der Waals surface area (Å²) in [6.07, 6.45) is 4.68. The highest BCUT2D eigenvalue weighted by Gasteiger charge is 2.02. The maximum atomic E-state index is 10.4. The van der Waals surface area contributed by atoms with Crippen molar-refractivity contribution in [2.75, 3.05) is 7.11 Å². The predicted octanol–water partition coefficient (Wildman–Crippen LogP) is 2.75. The quantitative estimate of drug-likeness (QED) is 0.776. The first-order valence-electron chi connectivity index (χ1n) is 5.25. The summed E-state index contributed by atoms with van der Waals surface area (Å²) in [7, 11) is 1.64. The molecule has 0 amide bonds. The Morgan fingerprint density at radius 1 is 1.50 bits per heavy atom. The second kappa shape index (κ2) is 5.95. The van der Waals surface area contributed by atoms with Crippen LogP contribution in [-0.4, -0.2) is 18.2 Å². The van der Waals surface area contributed by atoms with Crippen LogP contribution in [-0.2, 0) is 11.2 Å². The van der Waals surface area contributed by atoms with Gasteiger partial charge in [0.1, 0.15) is 5.75 Å². The van der Waals surface area contributed by atoms with Crippen LogP contribution in [0.1, 0.15) is 24.5 Å². The van der Waals surface area contributed by atoms with E-state index in [9.17, 15) is 4.79 Å². The van der Waals surface area contributed by atoms with Gasteiger partial charge >= 0.3 is 5.97 Å². The van der Waals surface area contributed by atoms with Gasteiger partial charge in [0.2, 0.25) is 0 Å². The van der Waals surface area contributed by atoms with Gasteiger partial charge in [-0.3, -0.25) is 0 Å². The van der Waals surface area contributed by atoms with Gasteiger partial charge in [-0.1, -0.05) is 19.4 Å². The molecule has 0 atom stereocenters. The number of aliphatic carboxylic acids is 1. The van der Waals surface area contributed by atoms with Gasteiger partial charge in [0.15, 0.2) is 0 Å². The fourth-order valence-corrected chi connectivity index (χ4v) is 1.53. The first-order valence-corrected chi connectivity index (χ1v) is 5.25. The Bertz CT molecular complexity index is 394. The first kappa shape index (κ1) is 12.3. The van der Waals surface area contributed by atoms with Gasteiger partial charge in [0.05, 0.1) is 7.11 Å². The van der Waals surface area contributed by atoms with Crippen LogP contribution in [0.5, 0.6) is 5.75 Å². The van der Waals surface area contributed by atoms with E-state index in [1.165, 1.54) is 0 Å². The summed E-state index contributed by atoms with van der Waals surface area (Å²) in [6, 6.07) is 5.67. The number of carboxylic acid groups (broad SMARTS) is 1. The van der Waals surface area contributed by atoms with Crippen molar-refractivity contribution in [2.45, 2.75) is 19.8 Å². The number of carbonyl (C=O) groups is 1. The van der Waals surface area contributed by atoms with Crippen molar-refractivity contribution in [1.29, 1.82) is 0 Å². The molecule has 0 radical (unpaired) electrons. The maximum absolute atomic E-state index is 10.4. The SMILES string of the molecule is CCCc1cc(C=CC(=O)O)ccc1OC. The van der Waals surface area contributed by atoms with Crippen molar-refractivity contribution >= 4 is 12.0 Å². The van der Waals surface area contributed by atoms with Crippen LogP contribution >= 0.6 is 0 Å². The molecule has 0 aliphatic rings. The zero-order valence-electron chi connectivity index (χ0n) is 9.56. The van der Waals surface area contributed by atoms with Crippen LogP contribution in [0.15, 0.2) is 24.3 Å². The lowest BCUT2D eigenvalue weighted by Crippen LogP contribution is -1.92. The van der Waals surface area contributed by atoms with Gasteiger partial charge in [0, 0.05) is 6.08 Å². The summed E-state index contributed by atoms with van der Waals surface area (Å²) in [5.41, 5.74) is 1.99. The van der Waals surface area contributed by atoms with Gasteiger partial charge in [-0.25, -0.2) is 4.79 Å². The lowest BCUT2D eigenvalue weighted by molar-refractivity contribution is -0.131. The van der Waals surface area contributed by atoms with Crippen molar-refractivity contribution < 1.29 is 14.6 Å². The maximum Gasteiger partial charge on any atom is 0.328 e. The fourth-order valence-electron chi connectivity index (χ4n) is 1.53. The Morgan fingerprint density at radius 2 is 2.25 bits per heavy atom. The zero-order valence-corrected chi connectivity index (χ0v) is 9.56. The Hall–Kier alpha value is -1.77. The molecule has 0 unspecified atom stereocenters. The summed E-state index contributed by atoms with van der Waals surface area (Å²) in [5, 5.41) is 8.54. The summed E-state index contributed by atoms with van der Waals surface area (Å²) in [6.45, 7) is 2.10. The summed E-state index contributed by atoms with van der Waals surface area (Å²) in [5.74, 6) is -0.0813. The number of aryl methyl sites for hydroxylation is 1. The topological polar surface area (TPSA) is 46.5 Å². The molecule has 0 bridgehead atoms. The van der Waals surface area contributed by atoms with E-state index in [2.05, 4.69) is 6.92 Å². The largest absolute Gasteiger partial charge is 0.496 e. The summed E-state index contributed by atoms with van der Waals surface area (Å²) in [4.78, 5) is 10.4. The average Bonchev–Trinajstić information content (AvgIpc) is 2.27. The van der Waals surface area contributed by atoms with E-state index in [-0.39, 0.29) is 0 Å². The van der Waals surface area contributed by atoms with E-state index < -0.39 is 5.97 Å². The number of methoxy groups -OCH3 is 1. The normalized spacial score (nSPS) is 10.6. The second-order valence-electron chi connectivity index (χ2n) is 3.49. The monoisotopic (exact) mass is 220 g/mol. The standard InChI is InChI=1S/C13H16O3/c1-3-4-11-9-10(6-8-13(14)15)5-7-12(11)16-2/h5-9H,3-4H2,1-2H3,(H,14,15). The number of hydrogen-bond acceptors (Lipinski definition) is 2. The number of carboxylic acids is 1. The van der Waals surface area contributed by atoms with E-state index in [0.29, 0.717) is 0 Å². The number of ether oxygens (including phenoxy) is 1. The Kier molecular flexibility index (Phi) is 4.58. The van der Waals surface area contributed by atoms with E-state index in [4.69, 9.17) is 9.84 Å². The Balaban J connectivity index is 2.96. The molecule has 0 aliphatic heterocycles. The van der Waals surface area contributed by atoms with Crippen molar-refractivity contribution in [1.82, 2.24) is 0 Å². The van der Waals surface area contributed by atoms with Crippen molar-refractivity contribution in [3.05, 3.63) is 35.4 Å². The smallest absolute Gasteiger partial charge is 0.328 e. The lowest BCUT2D eigenvalue weighted by Gasteiger charge is -2.08. The van der Waals surface area contributed by atoms with Gasteiger partial charge in [-0.15, -0.1) is 0 Å². The average molecular weight is 220 g/mol. The van der Waals surface area contributed by atoms with E-state index >= 15 is 0 Å². The molecule has 0 aromatic heterocycles. The molecule has 0 saturated carbocycles. The van der Waals surface area contributed by atoms with Crippen LogP contribution < -0.4 is 4.74 Å². The number of hydrogen-bond donors (Lipinski definition) is 1. The highest BCUT2D eigenvalue weighted by molar-refractivity contribution is 5.85. The summed E-state index contributed by atoms with van der Waals surface area (Å²) >= 11 is 0. The molecule has 3 nitrogen and oxygen atoms in total. The molecular weight excluding hydrogens is 204 g/mol. The molecule has 0 spiro atoms. The van der Waals surface area contributed by atoms with Crippen LogP contribution in [0.2, 0.25) is 0 Å². The van der Waals surface area contributed by atoms with Gasteiger partial charge in [-0.05, 0) is 35.8 Å². The van der Waals surface area contributed by atoms with Gasteiger partial charge < -0.3 is 9.84 Å². The van der Waals surface area contributed by atoms with Crippen molar-refractivity contribution in [3.8, 4) is 5.75 Å². The van der Waals surface area contributed by atoms with Gasteiger partial charge in [-0.2, -0.15) is 0 Å².